The van der Waals surface area contributed by atoms with Gasteiger partial charge in [-0.15, -0.1) is 0 Å². The molecule has 2 atom stereocenters. The van der Waals surface area contributed by atoms with Crippen LogP contribution in [-0.2, 0) is 16.0 Å². The van der Waals surface area contributed by atoms with Gasteiger partial charge >= 0.3 is 0 Å². The number of piperidine rings is 1. The molecule has 6 heteroatoms. The van der Waals surface area contributed by atoms with Gasteiger partial charge in [-0.2, -0.15) is 0 Å². The summed E-state index contributed by atoms with van der Waals surface area (Å²) in [7, 11) is 3.45. The van der Waals surface area contributed by atoms with Crippen molar-refractivity contribution in [2.75, 3.05) is 33.9 Å². The first kappa shape index (κ1) is 20.8. The maximum Gasteiger partial charge on any atom is 0.222 e. The zero-order valence-corrected chi connectivity index (χ0v) is 17.9. The summed E-state index contributed by atoms with van der Waals surface area (Å²) >= 11 is 0. The van der Waals surface area contributed by atoms with Crippen LogP contribution in [0.1, 0.15) is 36.4 Å². The number of aryl methyl sites for hydroxylation is 1. The largest absolute Gasteiger partial charge is 0.497 e. The van der Waals surface area contributed by atoms with E-state index in [2.05, 4.69) is 16.0 Å². The summed E-state index contributed by atoms with van der Waals surface area (Å²) < 4.78 is 10.9. The van der Waals surface area contributed by atoms with Crippen molar-refractivity contribution in [3.63, 3.8) is 0 Å². The van der Waals surface area contributed by atoms with Gasteiger partial charge in [0, 0.05) is 51.6 Å². The lowest BCUT2D eigenvalue weighted by Gasteiger charge is -2.53. The molecule has 2 aromatic rings. The molecule has 6 nitrogen and oxygen atoms in total. The molecule has 1 aromatic carbocycles. The first-order chi connectivity index (χ1) is 14.7. The number of carbonyl (C=O) groups excluding carboxylic acids is 1. The molecule has 3 heterocycles. The summed E-state index contributed by atoms with van der Waals surface area (Å²) in [4.78, 5) is 21.5. The molecule has 0 bridgehead atoms. The molecule has 2 fully saturated rings. The quantitative estimate of drug-likeness (QED) is 0.703. The zero-order valence-electron chi connectivity index (χ0n) is 17.9. The molecular formula is C24H31N3O3. The van der Waals surface area contributed by atoms with Gasteiger partial charge in [-0.25, -0.2) is 0 Å². The fourth-order valence-electron chi connectivity index (χ4n) is 4.68. The number of pyridine rings is 1. The van der Waals surface area contributed by atoms with Crippen LogP contribution in [0.3, 0.4) is 0 Å². The van der Waals surface area contributed by atoms with E-state index in [-0.39, 0.29) is 18.1 Å². The van der Waals surface area contributed by atoms with Crippen molar-refractivity contribution < 1.29 is 14.3 Å². The first-order valence-electron chi connectivity index (χ1n) is 10.8. The zero-order chi connectivity index (χ0) is 20.9. The van der Waals surface area contributed by atoms with Gasteiger partial charge in [-0.3, -0.25) is 14.7 Å². The van der Waals surface area contributed by atoms with E-state index in [4.69, 9.17) is 9.47 Å². The molecule has 4 rings (SSSR count). The normalized spacial score (nSPS) is 22.5. The highest BCUT2D eigenvalue weighted by atomic mass is 16.5. The maximum atomic E-state index is 12.7. The van der Waals surface area contributed by atoms with Gasteiger partial charge in [0.05, 0.1) is 19.3 Å². The number of aromatic nitrogens is 1. The van der Waals surface area contributed by atoms with Crippen molar-refractivity contribution in [2.45, 2.75) is 43.9 Å². The molecule has 2 unspecified atom stereocenters. The second kappa shape index (κ2) is 9.58. The summed E-state index contributed by atoms with van der Waals surface area (Å²) in [5.41, 5.74) is 2.39. The third kappa shape index (κ3) is 4.50. The van der Waals surface area contributed by atoms with E-state index in [1.54, 1.807) is 14.2 Å². The van der Waals surface area contributed by atoms with E-state index in [9.17, 15) is 4.79 Å². The lowest BCUT2D eigenvalue weighted by Crippen LogP contribution is -2.60. The van der Waals surface area contributed by atoms with Crippen molar-refractivity contribution in [1.82, 2.24) is 14.8 Å². The van der Waals surface area contributed by atoms with E-state index < -0.39 is 0 Å². The number of nitrogens with zero attached hydrogens (tertiary/aromatic N) is 3. The van der Waals surface area contributed by atoms with Crippen LogP contribution >= 0.6 is 0 Å². The van der Waals surface area contributed by atoms with Crippen molar-refractivity contribution in [1.29, 1.82) is 0 Å². The highest BCUT2D eigenvalue weighted by Gasteiger charge is 2.44. The van der Waals surface area contributed by atoms with Crippen LogP contribution in [0.25, 0.3) is 0 Å². The number of benzene rings is 1. The van der Waals surface area contributed by atoms with Crippen LogP contribution in [0.5, 0.6) is 5.75 Å². The van der Waals surface area contributed by atoms with Gasteiger partial charge in [0.1, 0.15) is 5.75 Å². The third-order valence-corrected chi connectivity index (χ3v) is 6.50. The number of amides is 1. The minimum Gasteiger partial charge on any atom is -0.497 e. The number of ether oxygens (including phenoxy) is 2. The molecule has 0 spiro atoms. The van der Waals surface area contributed by atoms with Gasteiger partial charge < -0.3 is 14.4 Å². The molecular weight excluding hydrogens is 378 g/mol. The van der Waals surface area contributed by atoms with E-state index in [0.29, 0.717) is 12.5 Å². The molecule has 30 heavy (non-hydrogen) atoms. The lowest BCUT2D eigenvalue weighted by atomic mass is 9.87. The second-order valence-electron chi connectivity index (χ2n) is 8.16. The monoisotopic (exact) mass is 409 g/mol. The topological polar surface area (TPSA) is 54.9 Å². The minimum absolute atomic E-state index is 0.221. The molecule has 1 amide bonds. The Labute approximate surface area is 178 Å². The number of methoxy groups -OCH3 is 2. The Morgan fingerprint density at radius 2 is 1.90 bits per heavy atom. The standard InChI is InChI=1S/C24H31N3O3/c1-29-21-8-5-18(6-9-21)7-10-23(28)26-14-11-20(12-15-26)27-17-22(30-2)24(27)19-4-3-13-25-16-19/h3-6,8-9,13,16,20,22,24H,7,10-12,14-15,17H2,1-2H3. The fourth-order valence-corrected chi connectivity index (χ4v) is 4.68. The van der Waals surface area contributed by atoms with E-state index in [0.717, 1.165) is 44.6 Å². The van der Waals surface area contributed by atoms with Gasteiger partial charge in [0.2, 0.25) is 5.91 Å². The van der Waals surface area contributed by atoms with Gasteiger partial charge in [-0.05, 0) is 48.6 Å². The minimum atomic E-state index is 0.221. The van der Waals surface area contributed by atoms with Crippen molar-refractivity contribution in [2.24, 2.45) is 0 Å². The van der Waals surface area contributed by atoms with Gasteiger partial charge in [0.15, 0.2) is 0 Å². The Bertz CT molecular complexity index is 819. The number of hydrogen-bond donors (Lipinski definition) is 0. The van der Waals surface area contributed by atoms with Crippen LogP contribution in [0, 0.1) is 0 Å². The van der Waals surface area contributed by atoms with E-state index in [1.807, 2.05) is 47.6 Å². The molecule has 0 aliphatic carbocycles. The van der Waals surface area contributed by atoms with E-state index in [1.165, 1.54) is 11.1 Å². The Balaban J connectivity index is 1.27. The third-order valence-electron chi connectivity index (χ3n) is 6.50. The van der Waals surface area contributed by atoms with E-state index >= 15 is 0 Å². The average molecular weight is 410 g/mol. The average Bonchev–Trinajstić information content (AvgIpc) is 2.78. The highest BCUT2D eigenvalue weighted by molar-refractivity contribution is 5.76. The Morgan fingerprint density at radius 3 is 2.53 bits per heavy atom. The predicted molar refractivity (Wildman–Crippen MR) is 115 cm³/mol. The van der Waals surface area contributed by atoms with Crippen molar-refractivity contribution in [3.05, 3.63) is 59.9 Å². The number of hydrogen-bond acceptors (Lipinski definition) is 5. The van der Waals surface area contributed by atoms with Gasteiger partial charge in [0.25, 0.3) is 0 Å². The molecule has 0 radical (unpaired) electrons. The number of likely N-dealkylation sites (tertiary alicyclic amines) is 2. The summed E-state index contributed by atoms with van der Waals surface area (Å²) in [6.45, 7) is 2.62. The maximum absolute atomic E-state index is 12.7. The molecule has 2 aliphatic rings. The van der Waals surface area contributed by atoms with Crippen LogP contribution in [-0.4, -0.2) is 66.7 Å². The molecule has 2 saturated heterocycles. The van der Waals surface area contributed by atoms with Crippen LogP contribution in [0.2, 0.25) is 0 Å². The number of carbonyl (C=O) groups is 1. The smallest absolute Gasteiger partial charge is 0.222 e. The Hall–Kier alpha value is -2.44. The Kier molecular flexibility index (Phi) is 6.65. The van der Waals surface area contributed by atoms with Gasteiger partial charge in [-0.1, -0.05) is 18.2 Å². The van der Waals surface area contributed by atoms with Crippen molar-refractivity contribution in [3.8, 4) is 5.75 Å². The summed E-state index contributed by atoms with van der Waals surface area (Å²) in [6.07, 6.45) is 7.34. The summed E-state index contributed by atoms with van der Waals surface area (Å²) in [5.74, 6) is 1.10. The summed E-state index contributed by atoms with van der Waals surface area (Å²) in [6, 6.07) is 12.9. The highest BCUT2D eigenvalue weighted by Crippen LogP contribution is 2.39. The first-order valence-corrected chi connectivity index (χ1v) is 10.8. The fraction of sp³-hybridized carbons (Fsp3) is 0.500. The van der Waals surface area contributed by atoms with Crippen LogP contribution < -0.4 is 4.74 Å². The van der Waals surface area contributed by atoms with Crippen LogP contribution in [0.4, 0.5) is 0 Å². The SMILES string of the molecule is COc1ccc(CCC(=O)N2CCC(N3CC(OC)C3c3cccnc3)CC2)cc1. The Morgan fingerprint density at radius 1 is 1.13 bits per heavy atom. The second-order valence-corrected chi connectivity index (χ2v) is 8.16. The molecule has 2 aliphatic heterocycles. The lowest BCUT2D eigenvalue weighted by molar-refractivity contribution is -0.137. The summed E-state index contributed by atoms with van der Waals surface area (Å²) in [5, 5.41) is 0. The molecule has 160 valence electrons. The number of rotatable bonds is 7. The van der Waals surface area contributed by atoms with Crippen LogP contribution in [0.15, 0.2) is 48.8 Å². The molecule has 0 saturated carbocycles. The predicted octanol–water partition coefficient (Wildman–Crippen LogP) is 3.09. The molecule has 1 aromatic heterocycles. The molecule has 0 N–H and O–H groups in total. The van der Waals surface area contributed by atoms with Crippen molar-refractivity contribution >= 4 is 5.91 Å².